The van der Waals surface area contributed by atoms with Gasteiger partial charge >= 0.3 is 6.18 Å². The smallest absolute Gasteiger partial charge is 0.170 e. The van der Waals surface area contributed by atoms with E-state index >= 15 is 0 Å². The Morgan fingerprint density at radius 1 is 0.944 bits per heavy atom. The van der Waals surface area contributed by atoms with E-state index in [0.29, 0.717) is 12.8 Å². The Morgan fingerprint density at radius 2 is 1.39 bits per heavy atom. The number of hydrogen-bond acceptors (Lipinski definition) is 0. The molecule has 18 heavy (non-hydrogen) atoms. The lowest BCUT2D eigenvalue weighted by atomic mass is 9.69. The molecule has 1 fully saturated rings. The lowest BCUT2D eigenvalue weighted by Crippen LogP contribution is -2.42. The molecule has 0 spiro atoms. The van der Waals surface area contributed by atoms with Crippen molar-refractivity contribution in [3.63, 3.8) is 0 Å². The van der Waals surface area contributed by atoms with Crippen LogP contribution in [0.15, 0.2) is 0 Å². The summed E-state index contributed by atoms with van der Waals surface area (Å²) in [4.78, 5) is 0. The average molecular weight is 264 g/mol. The Bertz CT molecular complexity index is 218. The summed E-state index contributed by atoms with van der Waals surface area (Å²) in [7, 11) is 0. The van der Waals surface area contributed by atoms with Gasteiger partial charge in [-0.1, -0.05) is 52.4 Å². The van der Waals surface area contributed by atoms with Gasteiger partial charge in [0.25, 0.3) is 0 Å². The van der Waals surface area contributed by atoms with Crippen molar-refractivity contribution >= 4 is 0 Å². The monoisotopic (exact) mass is 264 g/mol. The molecule has 0 nitrogen and oxygen atoms in total. The molecule has 0 aromatic rings. The van der Waals surface area contributed by atoms with E-state index in [4.69, 9.17) is 0 Å². The van der Waals surface area contributed by atoms with E-state index in [-0.39, 0.29) is 5.92 Å². The first-order chi connectivity index (χ1) is 8.48. The quantitative estimate of drug-likeness (QED) is 0.520. The second kappa shape index (κ2) is 6.81. The highest BCUT2D eigenvalue weighted by Gasteiger charge is 2.59. The van der Waals surface area contributed by atoms with Gasteiger partial charge in [0.1, 0.15) is 0 Å². The summed E-state index contributed by atoms with van der Waals surface area (Å²) in [6, 6.07) is 0. The van der Waals surface area contributed by atoms with Crippen molar-refractivity contribution in [3.05, 3.63) is 0 Å². The topological polar surface area (TPSA) is 0 Å². The molecule has 0 N–H and O–H groups in total. The molecule has 0 saturated heterocycles. The standard InChI is InChI=1S/C15H27F3/c1-3-5-9-13(10-6-4-2)14(15(16,17)18)11-7-8-12-14/h13H,3-12H2,1-2H3. The second-order valence-electron chi connectivity index (χ2n) is 5.84. The van der Waals surface area contributed by atoms with Crippen LogP contribution in [0.1, 0.15) is 78.1 Å². The third-order valence-corrected chi connectivity index (χ3v) is 4.65. The molecule has 0 amide bonds. The third-order valence-electron chi connectivity index (χ3n) is 4.65. The van der Waals surface area contributed by atoms with Gasteiger partial charge in [-0.05, 0) is 31.6 Å². The maximum absolute atomic E-state index is 13.5. The first-order valence-electron chi connectivity index (χ1n) is 7.54. The maximum Gasteiger partial charge on any atom is 0.394 e. The van der Waals surface area contributed by atoms with Gasteiger partial charge in [0.05, 0.1) is 5.41 Å². The van der Waals surface area contributed by atoms with Gasteiger partial charge in [-0.25, -0.2) is 0 Å². The zero-order valence-corrected chi connectivity index (χ0v) is 11.8. The molecule has 0 bridgehead atoms. The van der Waals surface area contributed by atoms with E-state index in [0.717, 1.165) is 51.4 Å². The van der Waals surface area contributed by atoms with E-state index in [1.165, 1.54) is 0 Å². The van der Waals surface area contributed by atoms with E-state index in [1.54, 1.807) is 0 Å². The fourth-order valence-electron chi connectivity index (χ4n) is 3.53. The molecule has 0 radical (unpaired) electrons. The van der Waals surface area contributed by atoms with E-state index in [1.807, 2.05) is 0 Å². The highest BCUT2D eigenvalue weighted by Crippen LogP contribution is 2.57. The molecule has 1 saturated carbocycles. The van der Waals surface area contributed by atoms with E-state index in [2.05, 4.69) is 13.8 Å². The summed E-state index contributed by atoms with van der Waals surface area (Å²) in [5, 5.41) is 0. The summed E-state index contributed by atoms with van der Waals surface area (Å²) in [5.74, 6) is -0.139. The van der Waals surface area contributed by atoms with Crippen molar-refractivity contribution < 1.29 is 13.2 Å². The van der Waals surface area contributed by atoms with Gasteiger partial charge in [0, 0.05) is 0 Å². The number of halogens is 3. The van der Waals surface area contributed by atoms with Crippen molar-refractivity contribution in [3.8, 4) is 0 Å². The summed E-state index contributed by atoms with van der Waals surface area (Å²) >= 11 is 0. The van der Waals surface area contributed by atoms with Crippen molar-refractivity contribution in [1.82, 2.24) is 0 Å². The molecular weight excluding hydrogens is 237 g/mol. The van der Waals surface area contributed by atoms with Crippen LogP contribution in [0.3, 0.4) is 0 Å². The predicted octanol–water partition coefficient (Wildman–Crippen LogP) is 6.11. The van der Waals surface area contributed by atoms with Crippen LogP contribution >= 0.6 is 0 Å². The van der Waals surface area contributed by atoms with Crippen molar-refractivity contribution in [2.45, 2.75) is 84.2 Å². The zero-order valence-electron chi connectivity index (χ0n) is 11.8. The van der Waals surface area contributed by atoms with Gasteiger partial charge < -0.3 is 0 Å². The van der Waals surface area contributed by atoms with Gasteiger partial charge in [0.15, 0.2) is 0 Å². The van der Waals surface area contributed by atoms with Gasteiger partial charge in [-0.15, -0.1) is 0 Å². The molecule has 0 unspecified atom stereocenters. The molecule has 0 aliphatic heterocycles. The average Bonchev–Trinajstić information content (AvgIpc) is 2.79. The van der Waals surface area contributed by atoms with Crippen LogP contribution in [0.2, 0.25) is 0 Å². The highest BCUT2D eigenvalue weighted by molar-refractivity contribution is 4.96. The Labute approximate surface area is 109 Å². The van der Waals surface area contributed by atoms with Crippen LogP contribution in [-0.2, 0) is 0 Å². The van der Waals surface area contributed by atoms with Crippen LogP contribution in [0.25, 0.3) is 0 Å². The van der Waals surface area contributed by atoms with Crippen molar-refractivity contribution in [1.29, 1.82) is 0 Å². The zero-order chi connectivity index (χ0) is 13.6. The normalized spacial score (nSPS) is 19.7. The van der Waals surface area contributed by atoms with Crippen molar-refractivity contribution in [2.75, 3.05) is 0 Å². The fourth-order valence-corrected chi connectivity index (χ4v) is 3.53. The second-order valence-corrected chi connectivity index (χ2v) is 5.84. The number of rotatable bonds is 7. The predicted molar refractivity (Wildman–Crippen MR) is 69.5 cm³/mol. The van der Waals surface area contributed by atoms with E-state index < -0.39 is 11.6 Å². The van der Waals surface area contributed by atoms with Crippen molar-refractivity contribution in [2.24, 2.45) is 11.3 Å². The van der Waals surface area contributed by atoms with Crippen LogP contribution in [-0.4, -0.2) is 6.18 Å². The third kappa shape index (κ3) is 3.42. The SMILES string of the molecule is CCCCC(CCCC)C1(C(F)(F)F)CCCC1. The Morgan fingerprint density at radius 3 is 1.72 bits per heavy atom. The first kappa shape index (κ1) is 15.8. The molecule has 0 aromatic heterocycles. The summed E-state index contributed by atoms with van der Waals surface area (Å²) in [5.41, 5.74) is -1.35. The number of alkyl halides is 3. The Kier molecular flexibility index (Phi) is 6.00. The maximum atomic E-state index is 13.5. The number of unbranched alkanes of at least 4 members (excludes halogenated alkanes) is 2. The molecule has 1 aliphatic rings. The van der Waals surface area contributed by atoms with Gasteiger partial charge in [-0.3, -0.25) is 0 Å². The summed E-state index contributed by atoms with van der Waals surface area (Å²) < 4.78 is 40.6. The molecule has 1 rings (SSSR count). The number of hydrogen-bond donors (Lipinski definition) is 0. The lowest BCUT2D eigenvalue weighted by Gasteiger charge is -2.39. The van der Waals surface area contributed by atoms with E-state index in [9.17, 15) is 13.2 Å². The molecule has 3 heteroatoms. The molecular formula is C15H27F3. The summed E-state index contributed by atoms with van der Waals surface area (Å²) in [6.45, 7) is 4.12. The van der Waals surface area contributed by atoms with Crippen LogP contribution in [0.4, 0.5) is 13.2 Å². The molecule has 0 atom stereocenters. The van der Waals surface area contributed by atoms with Gasteiger partial charge in [0.2, 0.25) is 0 Å². The minimum atomic E-state index is -4.00. The minimum Gasteiger partial charge on any atom is -0.170 e. The van der Waals surface area contributed by atoms with Gasteiger partial charge in [-0.2, -0.15) is 13.2 Å². The van der Waals surface area contributed by atoms with Crippen LogP contribution < -0.4 is 0 Å². The highest BCUT2D eigenvalue weighted by atomic mass is 19.4. The largest absolute Gasteiger partial charge is 0.394 e. The Hall–Kier alpha value is -0.210. The summed E-state index contributed by atoms with van der Waals surface area (Å²) in [6.07, 6.45) is 3.64. The molecule has 1 aliphatic carbocycles. The molecule has 0 aromatic carbocycles. The Balaban J connectivity index is 2.82. The lowest BCUT2D eigenvalue weighted by molar-refractivity contribution is -0.243. The minimum absolute atomic E-state index is 0.139. The molecule has 108 valence electrons. The molecule has 0 heterocycles. The van der Waals surface area contributed by atoms with Crippen LogP contribution in [0, 0.1) is 11.3 Å². The van der Waals surface area contributed by atoms with Crippen LogP contribution in [0.5, 0.6) is 0 Å². The fraction of sp³-hybridized carbons (Fsp3) is 1.00. The first-order valence-corrected chi connectivity index (χ1v) is 7.54.